The van der Waals surface area contributed by atoms with Gasteiger partial charge in [0.25, 0.3) is 0 Å². The van der Waals surface area contributed by atoms with Crippen LogP contribution in [0.15, 0.2) is 47.9 Å². The molecule has 1 aliphatic rings. The van der Waals surface area contributed by atoms with Crippen LogP contribution in [0.1, 0.15) is 17.2 Å². The van der Waals surface area contributed by atoms with Gasteiger partial charge in [0, 0.05) is 26.1 Å². The van der Waals surface area contributed by atoms with Gasteiger partial charge in [-0.05, 0) is 24.6 Å². The minimum absolute atomic E-state index is 0.213. The fraction of sp³-hybridized carbons (Fsp3) is 0.333. The summed E-state index contributed by atoms with van der Waals surface area (Å²) < 4.78 is 35.1. The van der Waals surface area contributed by atoms with Crippen molar-refractivity contribution < 1.29 is 13.2 Å². The number of benzene rings is 1. The highest BCUT2D eigenvalue weighted by molar-refractivity contribution is 7.89. The minimum Gasteiger partial charge on any atom is -0.482 e. The number of ether oxygens (including phenoxy) is 1. The van der Waals surface area contributed by atoms with Crippen LogP contribution in [0.3, 0.4) is 0 Å². The predicted molar refractivity (Wildman–Crippen MR) is 100 cm³/mol. The van der Waals surface area contributed by atoms with E-state index in [2.05, 4.69) is 20.2 Å². The lowest BCUT2D eigenvalue weighted by atomic mass is 10.2. The first-order valence-corrected chi connectivity index (χ1v) is 10.3. The lowest BCUT2D eigenvalue weighted by molar-refractivity contribution is 0.285. The van der Waals surface area contributed by atoms with Gasteiger partial charge in [-0.1, -0.05) is 12.1 Å². The third kappa shape index (κ3) is 3.73. The fourth-order valence-corrected chi connectivity index (χ4v) is 4.68. The maximum Gasteiger partial charge on any atom is 0.243 e. The van der Waals surface area contributed by atoms with Crippen molar-refractivity contribution in [2.45, 2.75) is 31.4 Å². The number of hydrogen-bond acceptors (Lipinski definition) is 7. The van der Waals surface area contributed by atoms with Crippen LogP contribution in [0.25, 0.3) is 0 Å². The highest BCUT2D eigenvalue weighted by Gasteiger charge is 2.28. The van der Waals surface area contributed by atoms with Crippen LogP contribution in [0, 0.1) is 6.92 Å². The molecule has 28 heavy (non-hydrogen) atoms. The Morgan fingerprint density at radius 3 is 2.71 bits per heavy atom. The Morgan fingerprint density at radius 1 is 1.11 bits per heavy atom. The number of rotatable bonds is 5. The van der Waals surface area contributed by atoms with E-state index in [4.69, 9.17) is 4.74 Å². The third-order valence-electron chi connectivity index (χ3n) is 4.59. The zero-order valence-electron chi connectivity index (χ0n) is 15.4. The average molecular weight is 400 g/mol. The van der Waals surface area contributed by atoms with Gasteiger partial charge < -0.3 is 9.30 Å². The van der Waals surface area contributed by atoms with E-state index >= 15 is 0 Å². The number of nitrogens with zero attached hydrogens (tertiary/aromatic N) is 6. The highest BCUT2D eigenvalue weighted by atomic mass is 32.2. The molecule has 0 bridgehead atoms. The van der Waals surface area contributed by atoms with Crippen LogP contribution in [0.2, 0.25) is 0 Å². The van der Waals surface area contributed by atoms with Crippen molar-refractivity contribution in [3.05, 3.63) is 60.2 Å². The van der Waals surface area contributed by atoms with Crippen LogP contribution in [0.4, 0.5) is 0 Å². The van der Waals surface area contributed by atoms with E-state index in [1.165, 1.54) is 10.6 Å². The fourth-order valence-electron chi connectivity index (χ4n) is 3.14. The first-order chi connectivity index (χ1) is 13.5. The van der Waals surface area contributed by atoms with Gasteiger partial charge >= 0.3 is 0 Å². The number of aromatic nitrogens is 5. The lowest BCUT2D eigenvalue weighted by Gasteiger charge is -2.20. The van der Waals surface area contributed by atoms with Gasteiger partial charge in [0.15, 0.2) is 11.6 Å². The van der Waals surface area contributed by atoms with Crippen LogP contribution < -0.4 is 4.74 Å². The maximum absolute atomic E-state index is 13.0. The van der Waals surface area contributed by atoms with E-state index in [1.807, 2.05) is 17.6 Å². The second-order valence-electron chi connectivity index (χ2n) is 6.52. The monoisotopic (exact) mass is 400 g/mol. The largest absolute Gasteiger partial charge is 0.482 e. The van der Waals surface area contributed by atoms with Crippen LogP contribution in [-0.2, 0) is 29.6 Å². The van der Waals surface area contributed by atoms with Crippen molar-refractivity contribution in [2.24, 2.45) is 0 Å². The molecule has 0 N–H and O–H groups in total. The molecule has 0 saturated heterocycles. The molecule has 2 aromatic heterocycles. The Balaban J connectivity index is 1.49. The van der Waals surface area contributed by atoms with Crippen LogP contribution >= 0.6 is 0 Å². The molecular formula is C18H20N6O3S. The Hall–Kier alpha value is -2.85. The van der Waals surface area contributed by atoms with Gasteiger partial charge in [-0.25, -0.2) is 18.4 Å². The Kier molecular flexibility index (Phi) is 5.05. The molecule has 0 amide bonds. The summed E-state index contributed by atoms with van der Waals surface area (Å²) in [6.07, 6.45) is 5.07. The maximum atomic E-state index is 13.0. The predicted octanol–water partition coefficient (Wildman–Crippen LogP) is 1.20. The second kappa shape index (κ2) is 7.64. The van der Waals surface area contributed by atoms with E-state index in [1.54, 1.807) is 30.6 Å². The van der Waals surface area contributed by atoms with E-state index in [9.17, 15) is 8.42 Å². The van der Waals surface area contributed by atoms with Crippen LogP contribution in [0.5, 0.6) is 5.75 Å². The molecule has 0 fully saturated rings. The molecule has 146 valence electrons. The van der Waals surface area contributed by atoms with Crippen molar-refractivity contribution in [1.82, 2.24) is 29.0 Å². The summed E-state index contributed by atoms with van der Waals surface area (Å²) in [4.78, 5) is 8.13. The van der Waals surface area contributed by atoms with E-state index in [0.717, 1.165) is 11.4 Å². The molecule has 0 radical (unpaired) electrons. The van der Waals surface area contributed by atoms with Crippen LogP contribution in [-0.4, -0.2) is 50.5 Å². The molecule has 9 nitrogen and oxygen atoms in total. The molecule has 0 unspecified atom stereocenters. The smallest absolute Gasteiger partial charge is 0.243 e. The molecule has 1 aliphatic heterocycles. The summed E-state index contributed by atoms with van der Waals surface area (Å²) in [6.45, 7) is 3.28. The Bertz CT molecular complexity index is 1070. The summed E-state index contributed by atoms with van der Waals surface area (Å²) in [5.74, 6) is 1.94. The van der Waals surface area contributed by atoms with Crippen molar-refractivity contribution >= 4 is 10.0 Å². The molecule has 0 spiro atoms. The molecule has 0 atom stereocenters. The zero-order chi connectivity index (χ0) is 19.6. The SMILES string of the molecule is Cc1cccc(S(=O)(=O)N2CCc3nnc(COc4cncnc4)n3CC2)c1. The number of sulfonamides is 1. The van der Waals surface area contributed by atoms with E-state index in [0.29, 0.717) is 42.5 Å². The second-order valence-corrected chi connectivity index (χ2v) is 8.46. The molecule has 0 aliphatic carbocycles. The van der Waals surface area contributed by atoms with Crippen molar-refractivity contribution in [3.8, 4) is 5.75 Å². The molecule has 0 saturated carbocycles. The summed E-state index contributed by atoms with van der Waals surface area (Å²) in [5.41, 5.74) is 0.914. The van der Waals surface area contributed by atoms with Crippen molar-refractivity contribution in [3.63, 3.8) is 0 Å². The lowest BCUT2D eigenvalue weighted by Crippen LogP contribution is -2.33. The molecule has 3 heterocycles. The normalized spacial score (nSPS) is 15.0. The molecule has 1 aromatic carbocycles. The summed E-state index contributed by atoms with van der Waals surface area (Å²) >= 11 is 0. The van der Waals surface area contributed by atoms with E-state index in [-0.39, 0.29) is 6.61 Å². The summed E-state index contributed by atoms with van der Waals surface area (Å²) in [6, 6.07) is 6.97. The average Bonchev–Trinajstić information content (AvgIpc) is 2.95. The summed E-state index contributed by atoms with van der Waals surface area (Å²) in [7, 11) is -3.55. The van der Waals surface area contributed by atoms with Crippen molar-refractivity contribution in [1.29, 1.82) is 0 Å². The van der Waals surface area contributed by atoms with Gasteiger partial charge in [0.1, 0.15) is 18.8 Å². The zero-order valence-corrected chi connectivity index (χ0v) is 16.2. The highest BCUT2D eigenvalue weighted by Crippen LogP contribution is 2.20. The van der Waals surface area contributed by atoms with Gasteiger partial charge in [-0.15, -0.1) is 10.2 Å². The van der Waals surface area contributed by atoms with Crippen molar-refractivity contribution in [2.75, 3.05) is 13.1 Å². The quantitative estimate of drug-likeness (QED) is 0.634. The molecule has 3 aromatic rings. The number of aryl methyl sites for hydroxylation is 1. The number of fused-ring (bicyclic) bond motifs is 1. The standard InChI is InChI=1S/C18H20N6O3S/c1-14-3-2-4-16(9-14)28(25,26)23-6-5-17-21-22-18(24(17)8-7-23)12-27-15-10-19-13-20-11-15/h2-4,9-11,13H,5-8,12H2,1H3. The third-order valence-corrected chi connectivity index (χ3v) is 6.49. The van der Waals surface area contributed by atoms with Gasteiger partial charge in [0.05, 0.1) is 17.3 Å². The molecular weight excluding hydrogens is 380 g/mol. The minimum atomic E-state index is -3.55. The van der Waals surface area contributed by atoms with E-state index < -0.39 is 10.0 Å². The Morgan fingerprint density at radius 2 is 1.93 bits per heavy atom. The van der Waals surface area contributed by atoms with Gasteiger partial charge in [-0.3, -0.25) is 0 Å². The Labute approximate surface area is 163 Å². The first kappa shape index (κ1) is 18.5. The topological polar surface area (TPSA) is 103 Å². The summed E-state index contributed by atoms with van der Waals surface area (Å²) in [5, 5.41) is 8.40. The first-order valence-electron chi connectivity index (χ1n) is 8.89. The number of hydrogen-bond donors (Lipinski definition) is 0. The molecule has 10 heteroatoms. The molecule has 4 rings (SSSR count). The van der Waals surface area contributed by atoms with Gasteiger partial charge in [-0.2, -0.15) is 4.31 Å². The van der Waals surface area contributed by atoms with Gasteiger partial charge in [0.2, 0.25) is 10.0 Å².